The van der Waals surface area contributed by atoms with Crippen LogP contribution in [0.1, 0.15) is 15.9 Å². The maximum Gasteiger partial charge on any atom is 0.269 e. The van der Waals surface area contributed by atoms with E-state index in [2.05, 4.69) is 0 Å². The molecule has 0 aliphatic heterocycles. The van der Waals surface area contributed by atoms with E-state index in [-0.39, 0.29) is 17.8 Å². The quantitative estimate of drug-likeness (QED) is 0.673. The van der Waals surface area contributed by atoms with Crippen molar-refractivity contribution in [3.8, 4) is 0 Å². The first-order valence-electron chi connectivity index (χ1n) is 6.80. The Morgan fingerprint density at radius 3 is 2.26 bits per heavy atom. The number of hydrogen-bond donors (Lipinski definition) is 1. The summed E-state index contributed by atoms with van der Waals surface area (Å²) in [5.41, 5.74) is 6.74. The van der Waals surface area contributed by atoms with Crippen molar-refractivity contribution in [1.29, 1.82) is 0 Å². The van der Waals surface area contributed by atoms with Gasteiger partial charge >= 0.3 is 0 Å². The molecule has 0 radical (unpaired) electrons. The highest BCUT2D eigenvalue weighted by Gasteiger charge is 2.21. The molecule has 0 spiro atoms. The van der Waals surface area contributed by atoms with E-state index in [1.165, 1.54) is 29.2 Å². The van der Waals surface area contributed by atoms with E-state index < -0.39 is 16.7 Å². The highest BCUT2D eigenvalue weighted by atomic mass is 16.6. The Hall–Kier alpha value is -3.22. The fourth-order valence-corrected chi connectivity index (χ4v) is 2.17. The minimum atomic E-state index is -0.650. The molecule has 2 amide bonds. The van der Waals surface area contributed by atoms with Crippen molar-refractivity contribution in [2.45, 2.75) is 6.92 Å². The van der Waals surface area contributed by atoms with Crippen LogP contribution in [0.25, 0.3) is 0 Å². The molecule has 23 heavy (non-hydrogen) atoms. The number of nitrogens with two attached hydrogens (primary N) is 1. The number of aryl methyl sites for hydroxylation is 1. The lowest BCUT2D eigenvalue weighted by molar-refractivity contribution is -0.384. The third-order valence-corrected chi connectivity index (χ3v) is 3.29. The Labute approximate surface area is 132 Å². The molecule has 2 aromatic rings. The van der Waals surface area contributed by atoms with Crippen molar-refractivity contribution in [3.05, 3.63) is 69.8 Å². The fraction of sp³-hybridized carbons (Fsp3) is 0.125. The Morgan fingerprint density at radius 1 is 1.13 bits per heavy atom. The summed E-state index contributed by atoms with van der Waals surface area (Å²) >= 11 is 0. The van der Waals surface area contributed by atoms with Crippen molar-refractivity contribution in [2.24, 2.45) is 5.73 Å². The van der Waals surface area contributed by atoms with Crippen LogP contribution in [0.3, 0.4) is 0 Å². The van der Waals surface area contributed by atoms with Gasteiger partial charge in [-0.3, -0.25) is 24.6 Å². The molecule has 0 saturated heterocycles. The number of carbonyl (C=O) groups excluding carboxylic acids is 2. The maximum atomic E-state index is 12.7. The van der Waals surface area contributed by atoms with Gasteiger partial charge in [0.25, 0.3) is 11.6 Å². The second kappa shape index (κ2) is 6.69. The molecule has 0 bridgehead atoms. The van der Waals surface area contributed by atoms with Crippen molar-refractivity contribution in [1.82, 2.24) is 0 Å². The fourth-order valence-electron chi connectivity index (χ4n) is 2.17. The molecule has 7 heteroatoms. The number of nitro benzene ring substituents is 1. The predicted molar refractivity (Wildman–Crippen MR) is 85.1 cm³/mol. The summed E-state index contributed by atoms with van der Waals surface area (Å²) in [6.07, 6.45) is 0. The number of anilines is 1. The van der Waals surface area contributed by atoms with Crippen LogP contribution in [0.4, 0.5) is 11.4 Å². The standard InChI is InChI=1S/C16H15N3O4/c1-11-4-2-3-5-14(11)18(10-15(17)20)16(21)12-6-8-13(9-7-12)19(22)23/h2-9H,10H2,1H3,(H2,17,20). The molecular formula is C16H15N3O4. The summed E-state index contributed by atoms with van der Waals surface area (Å²) in [4.78, 5) is 35.4. The van der Waals surface area contributed by atoms with Crippen molar-refractivity contribution < 1.29 is 14.5 Å². The van der Waals surface area contributed by atoms with Gasteiger partial charge in [-0.05, 0) is 30.7 Å². The van der Waals surface area contributed by atoms with Crippen LogP contribution >= 0.6 is 0 Å². The topological polar surface area (TPSA) is 107 Å². The number of nitrogens with zero attached hydrogens (tertiary/aromatic N) is 2. The Balaban J connectivity index is 2.39. The van der Waals surface area contributed by atoms with E-state index in [9.17, 15) is 19.7 Å². The third kappa shape index (κ3) is 3.70. The molecule has 7 nitrogen and oxygen atoms in total. The van der Waals surface area contributed by atoms with Gasteiger partial charge in [-0.15, -0.1) is 0 Å². The van der Waals surface area contributed by atoms with Crippen LogP contribution in [0.2, 0.25) is 0 Å². The van der Waals surface area contributed by atoms with Crippen LogP contribution in [-0.4, -0.2) is 23.3 Å². The number of amides is 2. The van der Waals surface area contributed by atoms with E-state index in [1.54, 1.807) is 12.1 Å². The molecule has 0 unspecified atom stereocenters. The highest BCUT2D eigenvalue weighted by molar-refractivity contribution is 6.09. The van der Waals surface area contributed by atoms with Gasteiger partial charge in [0.15, 0.2) is 0 Å². The van der Waals surface area contributed by atoms with Gasteiger partial charge in [0, 0.05) is 23.4 Å². The monoisotopic (exact) mass is 313 g/mol. The highest BCUT2D eigenvalue weighted by Crippen LogP contribution is 2.22. The first kappa shape index (κ1) is 16.2. The van der Waals surface area contributed by atoms with Gasteiger partial charge in [0.2, 0.25) is 5.91 Å². The zero-order valence-electron chi connectivity index (χ0n) is 12.4. The maximum absolute atomic E-state index is 12.7. The molecule has 0 fully saturated rings. The van der Waals surface area contributed by atoms with Crippen molar-refractivity contribution in [3.63, 3.8) is 0 Å². The summed E-state index contributed by atoms with van der Waals surface area (Å²) in [6.45, 7) is 1.53. The molecule has 2 rings (SSSR count). The van der Waals surface area contributed by atoms with Gasteiger partial charge in [-0.2, -0.15) is 0 Å². The molecular weight excluding hydrogens is 298 g/mol. The number of primary amides is 1. The van der Waals surface area contributed by atoms with Crippen LogP contribution in [0.15, 0.2) is 48.5 Å². The summed E-state index contributed by atoms with van der Waals surface area (Å²) in [6, 6.07) is 12.3. The van der Waals surface area contributed by atoms with Crippen LogP contribution in [-0.2, 0) is 4.79 Å². The molecule has 0 aliphatic rings. The van der Waals surface area contributed by atoms with Gasteiger partial charge < -0.3 is 5.73 Å². The van der Waals surface area contributed by atoms with E-state index in [4.69, 9.17) is 5.73 Å². The average Bonchev–Trinajstić information content (AvgIpc) is 2.52. The zero-order chi connectivity index (χ0) is 17.0. The lowest BCUT2D eigenvalue weighted by Crippen LogP contribution is -2.39. The van der Waals surface area contributed by atoms with E-state index in [1.807, 2.05) is 19.1 Å². The van der Waals surface area contributed by atoms with Gasteiger partial charge in [0.1, 0.15) is 6.54 Å². The lowest BCUT2D eigenvalue weighted by Gasteiger charge is -2.23. The lowest BCUT2D eigenvalue weighted by atomic mass is 10.1. The summed E-state index contributed by atoms with van der Waals surface area (Å²) in [5.74, 6) is -1.10. The normalized spacial score (nSPS) is 10.1. The van der Waals surface area contributed by atoms with E-state index >= 15 is 0 Å². The minimum absolute atomic E-state index is 0.112. The van der Waals surface area contributed by atoms with Gasteiger partial charge in [-0.25, -0.2) is 0 Å². The second-order valence-corrected chi connectivity index (χ2v) is 4.95. The molecule has 0 aliphatic carbocycles. The van der Waals surface area contributed by atoms with Gasteiger partial charge in [0.05, 0.1) is 4.92 Å². The summed E-state index contributed by atoms with van der Waals surface area (Å²) < 4.78 is 0. The number of hydrogen-bond acceptors (Lipinski definition) is 4. The summed E-state index contributed by atoms with van der Waals surface area (Å²) in [5, 5.41) is 10.7. The van der Waals surface area contributed by atoms with Gasteiger partial charge in [-0.1, -0.05) is 18.2 Å². The van der Waals surface area contributed by atoms with Crippen LogP contribution in [0, 0.1) is 17.0 Å². The average molecular weight is 313 g/mol. The third-order valence-electron chi connectivity index (χ3n) is 3.29. The Bertz CT molecular complexity index is 756. The number of benzene rings is 2. The predicted octanol–water partition coefficient (Wildman–Crippen LogP) is 2.04. The molecule has 0 atom stereocenters. The molecule has 118 valence electrons. The van der Waals surface area contributed by atoms with E-state index in [0.717, 1.165) is 5.56 Å². The van der Waals surface area contributed by atoms with E-state index in [0.29, 0.717) is 5.69 Å². The molecule has 0 heterocycles. The molecule has 2 aromatic carbocycles. The number of para-hydroxylation sites is 1. The first-order chi connectivity index (χ1) is 10.9. The Kier molecular flexibility index (Phi) is 4.70. The zero-order valence-corrected chi connectivity index (χ0v) is 12.4. The SMILES string of the molecule is Cc1ccccc1N(CC(N)=O)C(=O)c1ccc([N+](=O)[O-])cc1. The summed E-state index contributed by atoms with van der Waals surface area (Å²) in [7, 11) is 0. The minimum Gasteiger partial charge on any atom is -0.368 e. The molecule has 2 N–H and O–H groups in total. The number of rotatable bonds is 5. The second-order valence-electron chi connectivity index (χ2n) is 4.95. The smallest absolute Gasteiger partial charge is 0.269 e. The number of nitro groups is 1. The molecule has 0 saturated carbocycles. The van der Waals surface area contributed by atoms with Crippen molar-refractivity contribution >= 4 is 23.2 Å². The molecule has 0 aromatic heterocycles. The Morgan fingerprint density at radius 2 is 1.74 bits per heavy atom. The van der Waals surface area contributed by atoms with Crippen molar-refractivity contribution in [2.75, 3.05) is 11.4 Å². The van der Waals surface area contributed by atoms with Crippen LogP contribution < -0.4 is 10.6 Å². The first-order valence-corrected chi connectivity index (χ1v) is 6.80. The number of non-ortho nitro benzene ring substituents is 1. The largest absolute Gasteiger partial charge is 0.368 e. The van der Waals surface area contributed by atoms with Crippen LogP contribution in [0.5, 0.6) is 0 Å². The number of carbonyl (C=O) groups is 2.